The molecule has 0 aromatic carbocycles. The molecule has 0 aromatic heterocycles. The third kappa shape index (κ3) is 3.04. The highest BCUT2D eigenvalue weighted by Crippen LogP contribution is 1.90. The Morgan fingerprint density at radius 2 is 1.27 bits per heavy atom. The molecule has 0 aliphatic carbocycles. The van der Waals surface area contributed by atoms with Crippen molar-refractivity contribution < 1.29 is 19.8 Å². The van der Waals surface area contributed by atoms with E-state index in [9.17, 15) is 9.59 Å². The minimum absolute atomic E-state index is 0.419. The predicted molar refractivity (Wildman–Crippen MR) is 36.7 cm³/mol. The summed E-state index contributed by atoms with van der Waals surface area (Å²) in [6.07, 6.45) is 0. The normalized spacial score (nSPS) is 8.36. The van der Waals surface area contributed by atoms with E-state index in [1.54, 1.807) is 0 Å². The number of hydrogen-bond acceptors (Lipinski definition) is 3. The van der Waals surface area contributed by atoms with Gasteiger partial charge in [0.05, 0.1) is 0 Å². The molecule has 0 atom stereocenters. The van der Waals surface area contributed by atoms with Crippen LogP contribution < -0.4 is 5.32 Å². The largest absolute Gasteiger partial charge is 0.477 e. The fourth-order valence-electron chi connectivity index (χ4n) is 0.289. The average Bonchev–Trinajstić information content (AvgIpc) is 1.87. The third-order valence-electron chi connectivity index (χ3n) is 0.818. The molecule has 0 bridgehead atoms. The molecule has 0 rings (SSSR count). The van der Waals surface area contributed by atoms with Gasteiger partial charge in [-0.25, -0.2) is 9.59 Å². The molecule has 60 valence electrons. The molecule has 0 heterocycles. The molecule has 11 heavy (non-hydrogen) atoms. The highest BCUT2D eigenvalue weighted by molar-refractivity contribution is 5.90. The Labute approximate surface area is 62.6 Å². The van der Waals surface area contributed by atoms with E-state index in [2.05, 4.69) is 13.2 Å². The first-order valence-electron chi connectivity index (χ1n) is 2.56. The van der Waals surface area contributed by atoms with Crippen molar-refractivity contribution in [3.05, 3.63) is 24.6 Å². The van der Waals surface area contributed by atoms with Crippen molar-refractivity contribution in [1.82, 2.24) is 5.32 Å². The lowest BCUT2D eigenvalue weighted by Gasteiger charge is -2.02. The number of carboxylic acids is 2. The summed E-state index contributed by atoms with van der Waals surface area (Å²) in [4.78, 5) is 20.1. The summed E-state index contributed by atoms with van der Waals surface area (Å²) in [5.41, 5.74) is -0.838. The molecule has 0 aliphatic heterocycles. The molecule has 0 saturated carbocycles. The maximum atomic E-state index is 10.1. The number of carbonyl (C=O) groups is 2. The maximum absolute atomic E-state index is 10.1. The summed E-state index contributed by atoms with van der Waals surface area (Å²) in [5, 5.41) is 18.4. The molecule has 0 aromatic rings. The molecule has 0 aliphatic rings. The van der Waals surface area contributed by atoms with Gasteiger partial charge in [0, 0.05) is 0 Å². The Bertz CT molecular complexity index is 207. The number of rotatable bonds is 4. The van der Waals surface area contributed by atoms with Crippen molar-refractivity contribution in [2.45, 2.75) is 0 Å². The lowest BCUT2D eigenvalue weighted by molar-refractivity contribution is -0.133. The third-order valence-corrected chi connectivity index (χ3v) is 0.818. The van der Waals surface area contributed by atoms with Crippen LogP contribution in [0.25, 0.3) is 0 Å². The van der Waals surface area contributed by atoms with Crippen molar-refractivity contribution >= 4 is 11.9 Å². The van der Waals surface area contributed by atoms with E-state index in [1.807, 2.05) is 5.32 Å². The van der Waals surface area contributed by atoms with Crippen LogP contribution in [0.15, 0.2) is 24.6 Å². The maximum Gasteiger partial charge on any atom is 0.351 e. The van der Waals surface area contributed by atoms with Gasteiger partial charge in [0.1, 0.15) is 11.4 Å². The number of aliphatic carboxylic acids is 2. The summed E-state index contributed by atoms with van der Waals surface area (Å²) in [7, 11) is 0. The lowest BCUT2D eigenvalue weighted by Crippen LogP contribution is -2.22. The molecule has 0 amide bonds. The van der Waals surface area contributed by atoms with Gasteiger partial charge in [-0.1, -0.05) is 13.2 Å². The first kappa shape index (κ1) is 9.22. The van der Waals surface area contributed by atoms with E-state index in [1.165, 1.54) is 0 Å². The smallest absolute Gasteiger partial charge is 0.351 e. The van der Waals surface area contributed by atoms with E-state index < -0.39 is 23.3 Å². The number of carboxylic acid groups (broad SMARTS) is 2. The van der Waals surface area contributed by atoms with Crippen molar-refractivity contribution in [2.75, 3.05) is 0 Å². The fraction of sp³-hybridized carbons (Fsp3) is 0. The number of hydrogen-bond donors (Lipinski definition) is 3. The first-order valence-corrected chi connectivity index (χ1v) is 2.56. The van der Waals surface area contributed by atoms with E-state index in [0.717, 1.165) is 0 Å². The summed E-state index contributed by atoms with van der Waals surface area (Å²) in [6, 6.07) is 0. The zero-order valence-corrected chi connectivity index (χ0v) is 5.63. The second-order valence-corrected chi connectivity index (χ2v) is 1.69. The SMILES string of the molecule is C=C(NC(=C)C(=O)O)C(=O)O. The highest BCUT2D eigenvalue weighted by Gasteiger charge is 2.08. The van der Waals surface area contributed by atoms with Crippen LogP contribution in [0.5, 0.6) is 0 Å². The van der Waals surface area contributed by atoms with Gasteiger partial charge in [0.15, 0.2) is 0 Å². The zero-order valence-electron chi connectivity index (χ0n) is 5.63. The summed E-state index contributed by atoms with van der Waals surface area (Å²) >= 11 is 0. The van der Waals surface area contributed by atoms with Crippen molar-refractivity contribution in [3.63, 3.8) is 0 Å². The van der Waals surface area contributed by atoms with Crippen LogP contribution in [0.3, 0.4) is 0 Å². The molecule has 0 saturated heterocycles. The molecule has 0 spiro atoms. The Balaban J connectivity index is 4.07. The van der Waals surface area contributed by atoms with Gasteiger partial charge in [-0.3, -0.25) is 0 Å². The van der Waals surface area contributed by atoms with Gasteiger partial charge in [-0.2, -0.15) is 0 Å². The van der Waals surface area contributed by atoms with Crippen LogP contribution in [0.1, 0.15) is 0 Å². The van der Waals surface area contributed by atoms with Gasteiger partial charge in [0.25, 0.3) is 0 Å². The topological polar surface area (TPSA) is 86.6 Å². The Morgan fingerprint density at radius 3 is 1.45 bits per heavy atom. The van der Waals surface area contributed by atoms with E-state index in [4.69, 9.17) is 10.2 Å². The van der Waals surface area contributed by atoms with Crippen LogP contribution >= 0.6 is 0 Å². The predicted octanol–water partition coefficient (Wildman–Crippen LogP) is -0.227. The van der Waals surface area contributed by atoms with Crippen molar-refractivity contribution in [2.24, 2.45) is 0 Å². The standard InChI is InChI=1S/C6H7NO4/c1-3(5(8)9)7-4(2)6(10)11/h7H,1-2H2,(H,8,9)(H,10,11). The van der Waals surface area contributed by atoms with E-state index >= 15 is 0 Å². The highest BCUT2D eigenvalue weighted by atomic mass is 16.4. The molecule has 5 heteroatoms. The van der Waals surface area contributed by atoms with Crippen LogP contribution in [-0.2, 0) is 9.59 Å². The minimum atomic E-state index is -1.31. The molecular weight excluding hydrogens is 150 g/mol. The number of nitrogens with one attached hydrogen (secondary N) is 1. The van der Waals surface area contributed by atoms with E-state index in [0.29, 0.717) is 0 Å². The van der Waals surface area contributed by atoms with Crippen LogP contribution in [0.4, 0.5) is 0 Å². The zero-order chi connectivity index (χ0) is 9.02. The van der Waals surface area contributed by atoms with E-state index in [-0.39, 0.29) is 0 Å². The van der Waals surface area contributed by atoms with Gasteiger partial charge < -0.3 is 15.5 Å². The minimum Gasteiger partial charge on any atom is -0.477 e. The molecule has 0 radical (unpaired) electrons. The second-order valence-electron chi connectivity index (χ2n) is 1.69. The summed E-state index contributed by atoms with van der Waals surface area (Å²) < 4.78 is 0. The first-order chi connectivity index (χ1) is 4.95. The van der Waals surface area contributed by atoms with Gasteiger partial charge in [-0.15, -0.1) is 0 Å². The average molecular weight is 157 g/mol. The Kier molecular flexibility index (Phi) is 2.85. The monoisotopic (exact) mass is 157 g/mol. The van der Waals surface area contributed by atoms with Gasteiger partial charge >= 0.3 is 11.9 Å². The fourth-order valence-corrected chi connectivity index (χ4v) is 0.289. The Morgan fingerprint density at radius 1 is 1.00 bits per heavy atom. The van der Waals surface area contributed by atoms with Crippen molar-refractivity contribution in [3.8, 4) is 0 Å². The Hall–Kier alpha value is -1.78. The van der Waals surface area contributed by atoms with Gasteiger partial charge in [-0.05, 0) is 0 Å². The van der Waals surface area contributed by atoms with Crippen LogP contribution in [-0.4, -0.2) is 22.2 Å². The molecule has 3 N–H and O–H groups in total. The lowest BCUT2D eigenvalue weighted by atomic mass is 10.4. The molecular formula is C6H7NO4. The quantitative estimate of drug-likeness (QED) is 0.491. The summed E-state index contributed by atoms with van der Waals surface area (Å²) in [6.45, 7) is 6.08. The van der Waals surface area contributed by atoms with Gasteiger partial charge in [0.2, 0.25) is 0 Å². The molecule has 0 unspecified atom stereocenters. The van der Waals surface area contributed by atoms with Crippen molar-refractivity contribution in [1.29, 1.82) is 0 Å². The molecule has 0 fully saturated rings. The molecule has 5 nitrogen and oxygen atoms in total. The van der Waals surface area contributed by atoms with Crippen LogP contribution in [0, 0.1) is 0 Å². The summed E-state index contributed by atoms with van der Waals surface area (Å²) in [5.74, 6) is -2.63. The van der Waals surface area contributed by atoms with Crippen LogP contribution in [0.2, 0.25) is 0 Å². The second kappa shape index (κ2) is 3.40.